The molecule has 0 saturated carbocycles. The van der Waals surface area contributed by atoms with E-state index >= 15 is 0 Å². The van der Waals surface area contributed by atoms with Gasteiger partial charge in [-0.1, -0.05) is 6.92 Å². The van der Waals surface area contributed by atoms with Gasteiger partial charge in [0.05, 0.1) is 12.1 Å². The summed E-state index contributed by atoms with van der Waals surface area (Å²) in [7, 11) is 0. The first-order valence-electron chi connectivity index (χ1n) is 6.39. The van der Waals surface area contributed by atoms with Crippen molar-refractivity contribution in [1.82, 2.24) is 5.32 Å². The van der Waals surface area contributed by atoms with Crippen molar-refractivity contribution in [3.05, 3.63) is 35.4 Å². The summed E-state index contributed by atoms with van der Waals surface area (Å²) in [5, 5.41) is 3.27. The highest BCUT2D eigenvalue weighted by Crippen LogP contribution is 2.21. The molecule has 0 heterocycles. The lowest BCUT2D eigenvalue weighted by atomic mass is 10.0. The highest BCUT2D eigenvalue weighted by molar-refractivity contribution is 5.22. The molecule has 0 aliphatic carbocycles. The number of nitrogens with one attached hydrogen (secondary N) is 1. The standard InChI is InChI=1S/C14H21F2NO/c1-4-6-17-14(10(3)18-5-2)11-7-12(15)9-13(16)8-11/h7-10,14,17H,4-6H2,1-3H3. The average Bonchev–Trinajstić information content (AvgIpc) is 2.28. The molecule has 1 aromatic rings. The molecular weight excluding hydrogens is 236 g/mol. The van der Waals surface area contributed by atoms with Crippen molar-refractivity contribution >= 4 is 0 Å². The van der Waals surface area contributed by atoms with Gasteiger partial charge in [-0.2, -0.15) is 0 Å². The lowest BCUT2D eigenvalue weighted by Crippen LogP contribution is -2.32. The number of halogens is 2. The Balaban J connectivity index is 2.92. The third-order valence-electron chi connectivity index (χ3n) is 2.76. The second-order valence-corrected chi connectivity index (χ2v) is 4.30. The Morgan fingerprint density at radius 1 is 1.17 bits per heavy atom. The molecule has 1 N–H and O–H groups in total. The van der Waals surface area contributed by atoms with E-state index in [0.717, 1.165) is 19.0 Å². The topological polar surface area (TPSA) is 21.3 Å². The van der Waals surface area contributed by atoms with E-state index in [9.17, 15) is 8.78 Å². The zero-order valence-corrected chi connectivity index (χ0v) is 11.2. The quantitative estimate of drug-likeness (QED) is 0.808. The van der Waals surface area contributed by atoms with Crippen LogP contribution in [-0.4, -0.2) is 19.3 Å². The average molecular weight is 257 g/mol. The minimum atomic E-state index is -0.558. The minimum absolute atomic E-state index is 0.136. The molecule has 1 rings (SSSR count). The number of hydrogen-bond acceptors (Lipinski definition) is 2. The van der Waals surface area contributed by atoms with E-state index in [1.54, 1.807) is 0 Å². The van der Waals surface area contributed by atoms with Gasteiger partial charge in [-0.05, 0) is 44.5 Å². The third-order valence-corrected chi connectivity index (χ3v) is 2.76. The second-order valence-electron chi connectivity index (χ2n) is 4.30. The molecule has 18 heavy (non-hydrogen) atoms. The van der Waals surface area contributed by atoms with Gasteiger partial charge in [0.2, 0.25) is 0 Å². The molecule has 0 bridgehead atoms. The summed E-state index contributed by atoms with van der Waals surface area (Å²) in [6.45, 7) is 7.20. The minimum Gasteiger partial charge on any atom is -0.377 e. The lowest BCUT2D eigenvalue weighted by Gasteiger charge is -2.25. The summed E-state index contributed by atoms with van der Waals surface area (Å²) in [5.41, 5.74) is 0.585. The Morgan fingerprint density at radius 2 is 1.78 bits per heavy atom. The molecule has 0 spiro atoms. The first kappa shape index (κ1) is 15.1. The van der Waals surface area contributed by atoms with Gasteiger partial charge in [-0.25, -0.2) is 8.78 Å². The van der Waals surface area contributed by atoms with Gasteiger partial charge in [0, 0.05) is 12.7 Å². The van der Waals surface area contributed by atoms with Gasteiger partial charge in [-0.15, -0.1) is 0 Å². The van der Waals surface area contributed by atoms with Crippen LogP contribution in [0.3, 0.4) is 0 Å². The summed E-state index contributed by atoms with van der Waals surface area (Å²) in [5.74, 6) is -1.12. The van der Waals surface area contributed by atoms with Gasteiger partial charge in [0.25, 0.3) is 0 Å². The third kappa shape index (κ3) is 4.35. The van der Waals surface area contributed by atoms with Gasteiger partial charge >= 0.3 is 0 Å². The highest BCUT2D eigenvalue weighted by atomic mass is 19.1. The molecule has 0 aliphatic heterocycles. The fourth-order valence-electron chi connectivity index (χ4n) is 1.97. The maximum Gasteiger partial charge on any atom is 0.126 e. The number of ether oxygens (including phenoxy) is 1. The molecule has 2 nitrogen and oxygen atoms in total. The van der Waals surface area contributed by atoms with Crippen molar-refractivity contribution in [2.75, 3.05) is 13.2 Å². The van der Waals surface area contributed by atoms with Crippen molar-refractivity contribution < 1.29 is 13.5 Å². The Hall–Kier alpha value is -1.00. The lowest BCUT2D eigenvalue weighted by molar-refractivity contribution is 0.0471. The fourth-order valence-corrected chi connectivity index (χ4v) is 1.97. The molecule has 0 fully saturated rings. The first-order valence-corrected chi connectivity index (χ1v) is 6.39. The predicted octanol–water partition coefficient (Wildman–Crippen LogP) is 3.43. The van der Waals surface area contributed by atoms with Gasteiger partial charge in [-0.3, -0.25) is 0 Å². The van der Waals surface area contributed by atoms with E-state index in [4.69, 9.17) is 4.74 Å². The number of benzene rings is 1. The van der Waals surface area contributed by atoms with Crippen molar-refractivity contribution in [2.45, 2.75) is 39.3 Å². The van der Waals surface area contributed by atoms with Gasteiger partial charge in [0.1, 0.15) is 11.6 Å². The molecule has 0 aromatic heterocycles. The summed E-state index contributed by atoms with van der Waals surface area (Å²) >= 11 is 0. The van der Waals surface area contributed by atoms with Crippen LogP contribution in [0.1, 0.15) is 38.8 Å². The molecule has 102 valence electrons. The Kier molecular flexibility index (Phi) is 6.22. The van der Waals surface area contributed by atoms with Crippen molar-refractivity contribution in [3.63, 3.8) is 0 Å². The molecule has 0 aliphatic rings. The van der Waals surface area contributed by atoms with E-state index in [1.807, 2.05) is 20.8 Å². The SMILES string of the molecule is CCCNC(c1cc(F)cc(F)c1)C(C)OCC. The smallest absolute Gasteiger partial charge is 0.126 e. The largest absolute Gasteiger partial charge is 0.377 e. The molecule has 2 atom stereocenters. The highest BCUT2D eigenvalue weighted by Gasteiger charge is 2.20. The van der Waals surface area contributed by atoms with Crippen molar-refractivity contribution in [2.24, 2.45) is 0 Å². The van der Waals surface area contributed by atoms with Crippen molar-refractivity contribution in [1.29, 1.82) is 0 Å². The van der Waals surface area contributed by atoms with E-state index in [-0.39, 0.29) is 12.1 Å². The van der Waals surface area contributed by atoms with Crippen LogP contribution < -0.4 is 5.32 Å². The van der Waals surface area contributed by atoms with E-state index in [0.29, 0.717) is 12.2 Å². The van der Waals surface area contributed by atoms with Crippen molar-refractivity contribution in [3.8, 4) is 0 Å². The van der Waals surface area contributed by atoms with Gasteiger partial charge in [0.15, 0.2) is 0 Å². The van der Waals surface area contributed by atoms with Gasteiger partial charge < -0.3 is 10.1 Å². The molecular formula is C14H21F2NO. The zero-order valence-electron chi connectivity index (χ0n) is 11.2. The Labute approximate surface area is 107 Å². The molecule has 0 saturated heterocycles. The fraction of sp³-hybridized carbons (Fsp3) is 0.571. The molecule has 0 amide bonds. The van der Waals surface area contributed by atoms with Crippen LogP contribution in [0.2, 0.25) is 0 Å². The Bertz CT molecular complexity index is 351. The van der Waals surface area contributed by atoms with Crippen LogP contribution in [0, 0.1) is 11.6 Å². The van der Waals surface area contributed by atoms with E-state index in [2.05, 4.69) is 5.32 Å². The number of hydrogen-bond donors (Lipinski definition) is 1. The van der Waals surface area contributed by atoms with Crippen LogP contribution in [0.15, 0.2) is 18.2 Å². The normalized spacial score (nSPS) is 14.5. The predicted molar refractivity (Wildman–Crippen MR) is 68.5 cm³/mol. The summed E-state index contributed by atoms with van der Waals surface area (Å²) in [6.07, 6.45) is 0.815. The summed E-state index contributed by atoms with van der Waals surface area (Å²) in [4.78, 5) is 0. The maximum atomic E-state index is 13.3. The summed E-state index contributed by atoms with van der Waals surface area (Å²) < 4.78 is 32.0. The van der Waals surface area contributed by atoms with Crippen LogP contribution in [0.25, 0.3) is 0 Å². The van der Waals surface area contributed by atoms with E-state index in [1.165, 1.54) is 12.1 Å². The van der Waals surface area contributed by atoms with Crippen LogP contribution >= 0.6 is 0 Å². The van der Waals surface area contributed by atoms with Crippen LogP contribution in [0.5, 0.6) is 0 Å². The summed E-state index contributed by atoms with van der Waals surface area (Å²) in [6, 6.07) is 3.39. The Morgan fingerprint density at radius 3 is 2.28 bits per heavy atom. The second kappa shape index (κ2) is 7.44. The monoisotopic (exact) mass is 257 g/mol. The maximum absolute atomic E-state index is 13.3. The first-order chi connectivity index (χ1) is 8.58. The molecule has 1 aromatic carbocycles. The molecule has 4 heteroatoms. The zero-order chi connectivity index (χ0) is 13.5. The molecule has 0 radical (unpaired) electrons. The van der Waals surface area contributed by atoms with Crippen LogP contribution in [-0.2, 0) is 4.74 Å². The number of rotatable bonds is 7. The molecule has 2 unspecified atom stereocenters. The van der Waals surface area contributed by atoms with Crippen LogP contribution in [0.4, 0.5) is 8.78 Å². The van der Waals surface area contributed by atoms with E-state index < -0.39 is 11.6 Å².